The van der Waals surface area contributed by atoms with Crippen molar-refractivity contribution in [2.45, 2.75) is 25.9 Å². The van der Waals surface area contributed by atoms with E-state index in [-0.39, 0.29) is 12.5 Å². The van der Waals surface area contributed by atoms with Crippen LogP contribution in [0.25, 0.3) is 0 Å². The Kier molecular flexibility index (Phi) is 5.45. The van der Waals surface area contributed by atoms with Crippen LogP contribution in [-0.4, -0.2) is 39.4 Å². The number of benzene rings is 1. The highest BCUT2D eigenvalue weighted by Crippen LogP contribution is 2.04. The highest BCUT2D eigenvalue weighted by atomic mass is 16.2. The van der Waals surface area contributed by atoms with Gasteiger partial charge < -0.3 is 10.6 Å². The summed E-state index contributed by atoms with van der Waals surface area (Å²) < 4.78 is 1.58. The predicted octanol–water partition coefficient (Wildman–Crippen LogP) is 0.828. The first-order valence-electron chi connectivity index (χ1n) is 7.06. The van der Waals surface area contributed by atoms with Gasteiger partial charge in [0.1, 0.15) is 6.54 Å². The first-order chi connectivity index (χ1) is 10.2. The zero-order valence-corrected chi connectivity index (χ0v) is 12.3. The molecule has 6 nitrogen and oxygen atoms in total. The zero-order chi connectivity index (χ0) is 15.1. The smallest absolute Gasteiger partial charge is 0.244 e. The second kappa shape index (κ2) is 7.54. The topological polar surface area (TPSA) is 77.0 Å². The fourth-order valence-corrected chi connectivity index (χ4v) is 2.02. The standard InChI is InChI=1S/C15H21N5O/c1-19(10-13-6-3-2-4-7-13)15(21)12-20-11-14(17-18-20)8-5-9-16/h2-4,6-7,11H,5,8-10,12,16H2,1H3. The third-order valence-corrected chi connectivity index (χ3v) is 3.21. The maximum atomic E-state index is 12.2. The van der Waals surface area contributed by atoms with Crippen LogP contribution in [-0.2, 0) is 24.3 Å². The van der Waals surface area contributed by atoms with Gasteiger partial charge in [-0.25, -0.2) is 4.68 Å². The summed E-state index contributed by atoms with van der Waals surface area (Å²) >= 11 is 0. The summed E-state index contributed by atoms with van der Waals surface area (Å²) in [4.78, 5) is 13.8. The van der Waals surface area contributed by atoms with E-state index in [1.165, 1.54) is 0 Å². The number of hydrogen-bond acceptors (Lipinski definition) is 4. The average Bonchev–Trinajstić information content (AvgIpc) is 2.93. The molecule has 0 spiro atoms. The summed E-state index contributed by atoms with van der Waals surface area (Å²) in [7, 11) is 1.79. The molecule has 6 heteroatoms. The van der Waals surface area contributed by atoms with Crippen LogP contribution in [0.4, 0.5) is 0 Å². The van der Waals surface area contributed by atoms with Gasteiger partial charge in [0.15, 0.2) is 0 Å². The lowest BCUT2D eigenvalue weighted by Crippen LogP contribution is -2.29. The molecule has 0 aliphatic carbocycles. The van der Waals surface area contributed by atoms with Crippen LogP contribution in [0.1, 0.15) is 17.7 Å². The Balaban J connectivity index is 1.87. The molecular formula is C15H21N5O. The molecule has 0 radical (unpaired) electrons. The molecule has 1 heterocycles. The van der Waals surface area contributed by atoms with Gasteiger partial charge in [-0.15, -0.1) is 5.10 Å². The summed E-state index contributed by atoms with van der Waals surface area (Å²) in [5.74, 6) is 0.00845. The number of carbonyl (C=O) groups excluding carboxylic acids is 1. The maximum absolute atomic E-state index is 12.2. The number of amides is 1. The molecule has 0 fully saturated rings. The molecule has 1 amide bonds. The van der Waals surface area contributed by atoms with E-state index in [9.17, 15) is 4.79 Å². The summed E-state index contributed by atoms with van der Waals surface area (Å²) in [6.45, 7) is 1.43. The number of nitrogens with zero attached hydrogens (tertiary/aromatic N) is 4. The van der Waals surface area contributed by atoms with Gasteiger partial charge in [0, 0.05) is 19.8 Å². The molecule has 2 rings (SSSR count). The van der Waals surface area contributed by atoms with Crippen LogP contribution in [0.2, 0.25) is 0 Å². The van der Waals surface area contributed by atoms with Crippen molar-refractivity contribution in [2.75, 3.05) is 13.6 Å². The van der Waals surface area contributed by atoms with E-state index in [4.69, 9.17) is 5.73 Å². The maximum Gasteiger partial charge on any atom is 0.244 e. The van der Waals surface area contributed by atoms with Crippen LogP contribution in [0.15, 0.2) is 36.5 Å². The number of likely N-dealkylation sites (N-methyl/N-ethyl adjacent to an activating group) is 1. The minimum atomic E-state index is 0.00845. The SMILES string of the molecule is CN(Cc1ccccc1)C(=O)Cn1cc(CCCN)nn1. The van der Waals surface area contributed by atoms with Crippen LogP contribution < -0.4 is 5.73 Å². The zero-order valence-electron chi connectivity index (χ0n) is 12.3. The normalized spacial score (nSPS) is 10.6. The highest BCUT2D eigenvalue weighted by molar-refractivity contribution is 5.75. The van der Waals surface area contributed by atoms with E-state index >= 15 is 0 Å². The van der Waals surface area contributed by atoms with E-state index in [1.807, 2.05) is 36.5 Å². The van der Waals surface area contributed by atoms with Gasteiger partial charge in [0.25, 0.3) is 0 Å². The Bertz CT molecular complexity index is 566. The summed E-state index contributed by atoms with van der Waals surface area (Å²) in [6.07, 6.45) is 3.48. The van der Waals surface area contributed by atoms with Crippen molar-refractivity contribution >= 4 is 5.91 Å². The van der Waals surface area contributed by atoms with Crippen molar-refractivity contribution in [2.24, 2.45) is 5.73 Å². The lowest BCUT2D eigenvalue weighted by molar-refractivity contribution is -0.131. The van der Waals surface area contributed by atoms with Crippen molar-refractivity contribution in [1.82, 2.24) is 19.9 Å². The Morgan fingerprint density at radius 1 is 1.33 bits per heavy atom. The third kappa shape index (κ3) is 4.68. The second-order valence-corrected chi connectivity index (χ2v) is 5.04. The first-order valence-corrected chi connectivity index (χ1v) is 7.06. The van der Waals surface area contributed by atoms with Crippen LogP contribution >= 0.6 is 0 Å². The molecule has 0 saturated heterocycles. The number of aryl methyl sites for hydroxylation is 1. The third-order valence-electron chi connectivity index (χ3n) is 3.21. The van der Waals surface area contributed by atoms with Crippen LogP contribution in [0.3, 0.4) is 0 Å². The Hall–Kier alpha value is -2.21. The molecule has 21 heavy (non-hydrogen) atoms. The molecular weight excluding hydrogens is 266 g/mol. The summed E-state index contributed by atoms with van der Waals surface area (Å²) in [5, 5.41) is 8.01. The quantitative estimate of drug-likeness (QED) is 0.818. The van der Waals surface area contributed by atoms with E-state index < -0.39 is 0 Å². The van der Waals surface area contributed by atoms with Crippen molar-refractivity contribution in [3.8, 4) is 0 Å². The van der Waals surface area contributed by atoms with E-state index in [0.29, 0.717) is 13.1 Å². The molecule has 0 atom stereocenters. The highest BCUT2D eigenvalue weighted by Gasteiger charge is 2.11. The molecule has 0 bridgehead atoms. The predicted molar refractivity (Wildman–Crippen MR) is 80.3 cm³/mol. The van der Waals surface area contributed by atoms with Gasteiger partial charge >= 0.3 is 0 Å². The molecule has 0 unspecified atom stereocenters. The number of hydrogen-bond donors (Lipinski definition) is 1. The number of nitrogens with two attached hydrogens (primary N) is 1. The molecule has 0 saturated carbocycles. The lowest BCUT2D eigenvalue weighted by atomic mass is 10.2. The average molecular weight is 287 g/mol. The first kappa shape index (κ1) is 15.2. The molecule has 1 aromatic heterocycles. The Morgan fingerprint density at radius 3 is 2.81 bits per heavy atom. The molecule has 0 aliphatic heterocycles. The van der Waals surface area contributed by atoms with Crippen molar-refractivity contribution in [3.05, 3.63) is 47.8 Å². The monoisotopic (exact) mass is 287 g/mol. The Labute approximate surface area is 124 Å². The van der Waals surface area contributed by atoms with Crippen molar-refractivity contribution in [1.29, 1.82) is 0 Å². The minimum absolute atomic E-state index is 0.00845. The van der Waals surface area contributed by atoms with E-state index in [1.54, 1.807) is 16.6 Å². The van der Waals surface area contributed by atoms with Gasteiger partial charge in [0.05, 0.1) is 5.69 Å². The van der Waals surface area contributed by atoms with Gasteiger partial charge in [-0.2, -0.15) is 0 Å². The van der Waals surface area contributed by atoms with E-state index in [2.05, 4.69) is 10.3 Å². The van der Waals surface area contributed by atoms with Crippen molar-refractivity contribution < 1.29 is 4.79 Å². The lowest BCUT2D eigenvalue weighted by Gasteiger charge is -2.17. The molecule has 2 N–H and O–H groups in total. The van der Waals surface area contributed by atoms with Gasteiger partial charge in [-0.1, -0.05) is 35.5 Å². The molecule has 112 valence electrons. The molecule has 2 aromatic rings. The van der Waals surface area contributed by atoms with Crippen LogP contribution in [0.5, 0.6) is 0 Å². The fraction of sp³-hybridized carbons (Fsp3) is 0.400. The number of rotatable bonds is 7. The summed E-state index contributed by atoms with van der Waals surface area (Å²) in [6, 6.07) is 9.90. The van der Waals surface area contributed by atoms with Gasteiger partial charge in [0.2, 0.25) is 5.91 Å². The van der Waals surface area contributed by atoms with Crippen molar-refractivity contribution in [3.63, 3.8) is 0 Å². The fourth-order valence-electron chi connectivity index (χ4n) is 2.02. The number of aromatic nitrogens is 3. The summed E-state index contributed by atoms with van der Waals surface area (Å²) in [5.41, 5.74) is 7.44. The molecule has 0 aliphatic rings. The van der Waals surface area contributed by atoms with Crippen LogP contribution in [0, 0.1) is 0 Å². The van der Waals surface area contributed by atoms with Gasteiger partial charge in [-0.05, 0) is 24.9 Å². The van der Waals surface area contributed by atoms with E-state index in [0.717, 1.165) is 24.1 Å². The molecule has 1 aromatic carbocycles. The minimum Gasteiger partial charge on any atom is -0.340 e. The second-order valence-electron chi connectivity index (χ2n) is 5.04. The van der Waals surface area contributed by atoms with Gasteiger partial charge in [-0.3, -0.25) is 4.79 Å². The Morgan fingerprint density at radius 2 is 2.10 bits per heavy atom. The number of carbonyl (C=O) groups is 1. The largest absolute Gasteiger partial charge is 0.340 e.